The lowest BCUT2D eigenvalue weighted by atomic mass is 9.52. The zero-order valence-corrected chi connectivity index (χ0v) is 49.8. The number of anilines is 3. The van der Waals surface area contributed by atoms with Gasteiger partial charge in [-0.1, -0.05) is 52.3 Å². The summed E-state index contributed by atoms with van der Waals surface area (Å²) in [6.45, 7) is 20.8. The highest BCUT2D eigenvalue weighted by Gasteiger charge is 2.53. The molecule has 1 amide bonds. The van der Waals surface area contributed by atoms with E-state index in [1.54, 1.807) is 12.4 Å². The van der Waals surface area contributed by atoms with E-state index in [-0.39, 0.29) is 52.3 Å². The Morgan fingerprint density at radius 2 is 1.40 bits per heavy atom. The molecule has 0 spiro atoms. The van der Waals surface area contributed by atoms with Crippen LogP contribution >= 0.6 is 11.6 Å². The summed E-state index contributed by atoms with van der Waals surface area (Å²) in [6.07, 6.45) is 14.9. The zero-order chi connectivity index (χ0) is 58.9. The van der Waals surface area contributed by atoms with E-state index in [4.69, 9.17) is 64.8 Å². The Morgan fingerprint density at radius 3 is 1.96 bits per heavy atom. The second kappa shape index (κ2) is 33.5. The highest BCUT2D eigenvalue weighted by atomic mass is 35.5. The van der Waals surface area contributed by atoms with Gasteiger partial charge in [-0.15, -0.1) is 0 Å². The molecule has 23 heteroatoms. The van der Waals surface area contributed by atoms with Gasteiger partial charge in [0.1, 0.15) is 30.1 Å². The fraction of sp³-hybridized carbons (Fsp3) is 0.617. The average molecular weight is 1170 g/mol. The molecule has 22 nitrogen and oxygen atoms in total. The van der Waals surface area contributed by atoms with Crippen molar-refractivity contribution in [3.05, 3.63) is 88.5 Å². The van der Waals surface area contributed by atoms with Crippen LogP contribution in [0.5, 0.6) is 11.6 Å². The highest BCUT2D eigenvalue weighted by molar-refractivity contribution is 6.31. The standard InChI is InChI=1S/C53H82N10O10.C7H4ClNO/c1-6-41-38-58-63-45(33-46(59-48(41)63)62-15-8-7-9-43(62)14-18-64)54-34-40-10-11-47(55-35-40)73-32-30-71-28-26-69-24-22-67-20-19-66-21-23-68-25-27-70-29-31-72-44-12-16-61(17-13-44)51-56-36-42(37-57-51)49(65)60-50-52(2,3)39-53(50,4)5;8-7-3-6(10)2-1-5(7)4-9/h10-11,33,35-38,43-44,50,54,64H,6-9,12-32,34,39H2,1-5H3,(H,60,65);1-3,10H. The highest BCUT2D eigenvalue weighted by Crippen LogP contribution is 2.53. The van der Waals surface area contributed by atoms with Crippen molar-refractivity contribution in [1.29, 1.82) is 5.26 Å². The number of nitrogens with one attached hydrogen (secondary N) is 2. The number of fused-ring (bicyclic) bond motifs is 1. The number of halogens is 1. The molecule has 0 bridgehead atoms. The monoisotopic (exact) mass is 1170 g/mol. The first-order valence-corrected chi connectivity index (χ1v) is 29.6. The van der Waals surface area contributed by atoms with Crippen LogP contribution in [0.2, 0.25) is 5.02 Å². The Morgan fingerprint density at radius 1 is 0.771 bits per heavy atom. The molecule has 1 atom stereocenters. The van der Waals surface area contributed by atoms with Crippen molar-refractivity contribution in [3.8, 4) is 17.7 Å². The van der Waals surface area contributed by atoms with Crippen molar-refractivity contribution >= 4 is 40.7 Å². The maximum Gasteiger partial charge on any atom is 0.254 e. The number of aromatic hydroxyl groups is 1. The van der Waals surface area contributed by atoms with Gasteiger partial charge in [-0.2, -0.15) is 14.9 Å². The van der Waals surface area contributed by atoms with Gasteiger partial charge in [0.25, 0.3) is 5.91 Å². The smallest absolute Gasteiger partial charge is 0.254 e. The number of aromatic nitrogens is 6. The number of piperidine rings is 2. The largest absolute Gasteiger partial charge is 0.508 e. The van der Waals surface area contributed by atoms with Crippen molar-refractivity contribution in [2.75, 3.05) is 134 Å². The van der Waals surface area contributed by atoms with Crippen LogP contribution in [0.4, 0.5) is 17.6 Å². The number of aryl methyl sites for hydroxylation is 1. The van der Waals surface area contributed by atoms with Crippen molar-refractivity contribution < 1.29 is 52.9 Å². The number of amides is 1. The number of hydrogen-bond acceptors (Lipinski definition) is 20. The van der Waals surface area contributed by atoms with Crippen LogP contribution in [0.15, 0.2) is 61.2 Å². The number of pyridine rings is 1. The molecular weight excluding hydrogens is 1090 g/mol. The summed E-state index contributed by atoms with van der Waals surface area (Å²) in [6, 6.07) is 12.4. The average Bonchev–Trinajstić information content (AvgIpc) is 3.82. The number of carbonyl (C=O) groups excluding carboxylic acids is 1. The molecule has 8 rings (SSSR count). The van der Waals surface area contributed by atoms with Crippen molar-refractivity contribution in [2.24, 2.45) is 10.8 Å². The van der Waals surface area contributed by atoms with E-state index in [9.17, 15) is 9.90 Å². The van der Waals surface area contributed by atoms with E-state index in [1.165, 1.54) is 24.6 Å². The molecule has 83 heavy (non-hydrogen) atoms. The van der Waals surface area contributed by atoms with Crippen molar-refractivity contribution in [3.63, 3.8) is 0 Å². The Bertz CT molecular complexity index is 2740. The number of nitriles is 1. The molecule has 2 aliphatic heterocycles. The van der Waals surface area contributed by atoms with E-state index >= 15 is 0 Å². The maximum absolute atomic E-state index is 12.9. The molecule has 1 saturated carbocycles. The number of carbonyl (C=O) groups is 1. The summed E-state index contributed by atoms with van der Waals surface area (Å²) in [5.41, 5.74) is 4.00. The van der Waals surface area contributed by atoms with E-state index in [0.29, 0.717) is 122 Å². The molecule has 2 saturated heterocycles. The van der Waals surface area contributed by atoms with Gasteiger partial charge in [-0.25, -0.2) is 19.9 Å². The van der Waals surface area contributed by atoms with E-state index in [2.05, 4.69) is 81.2 Å². The third-order valence-corrected chi connectivity index (χ3v) is 15.2. The van der Waals surface area contributed by atoms with Crippen LogP contribution in [0, 0.1) is 22.2 Å². The first kappa shape index (κ1) is 64.6. The summed E-state index contributed by atoms with van der Waals surface area (Å²) in [5.74, 6) is 2.92. The number of aliphatic hydroxyl groups excluding tert-OH is 1. The molecule has 4 N–H and O–H groups in total. The number of ether oxygens (including phenoxy) is 8. The van der Waals surface area contributed by atoms with Gasteiger partial charge in [0.15, 0.2) is 5.65 Å². The SMILES string of the molecule is CCc1cnn2c(NCc3ccc(OCCOCCOCCOCCOCCOCCOCCOC4CCN(c5ncc(C(=O)NC6C(C)(C)CC6(C)C)cn5)CC4)nc3)cc(N3CCCCC3CCO)nc12.N#Cc1ccc(O)cc1Cl. The summed E-state index contributed by atoms with van der Waals surface area (Å²) >= 11 is 5.55. The van der Waals surface area contributed by atoms with Crippen LogP contribution in [0.3, 0.4) is 0 Å². The predicted molar refractivity (Wildman–Crippen MR) is 316 cm³/mol. The van der Waals surface area contributed by atoms with Gasteiger partial charge in [0.2, 0.25) is 11.8 Å². The lowest BCUT2D eigenvalue weighted by Crippen LogP contribution is -2.63. The van der Waals surface area contributed by atoms with Gasteiger partial charge in [-0.3, -0.25) is 4.79 Å². The number of rotatable bonds is 33. The molecule has 5 aromatic rings. The molecule has 1 aliphatic carbocycles. The third kappa shape index (κ3) is 20.1. The van der Waals surface area contributed by atoms with Gasteiger partial charge in [-0.05, 0) is 86.0 Å². The minimum atomic E-state index is -0.118. The fourth-order valence-corrected chi connectivity index (χ4v) is 11.3. The van der Waals surface area contributed by atoms with Crippen LogP contribution in [-0.2, 0) is 46.1 Å². The fourth-order valence-electron chi connectivity index (χ4n) is 11.1. The predicted octanol–water partition coefficient (Wildman–Crippen LogP) is 7.47. The normalized spacial score (nSPS) is 16.9. The molecule has 3 fully saturated rings. The van der Waals surface area contributed by atoms with Gasteiger partial charge >= 0.3 is 0 Å². The Labute approximate surface area is 493 Å². The topological polar surface area (TPSA) is 255 Å². The Balaban J connectivity index is 0.000000894. The summed E-state index contributed by atoms with van der Waals surface area (Å²) in [4.78, 5) is 35.9. The molecule has 1 aromatic carbocycles. The zero-order valence-electron chi connectivity index (χ0n) is 49.1. The molecule has 3 aliphatic rings. The molecular formula is C60H86ClN11O11. The first-order valence-electron chi connectivity index (χ1n) is 29.2. The van der Waals surface area contributed by atoms with Crippen LogP contribution < -0.4 is 25.2 Å². The lowest BCUT2D eigenvalue weighted by molar-refractivity contribution is -0.0366. The quantitative estimate of drug-likeness (QED) is 0.0297. The minimum Gasteiger partial charge on any atom is -0.508 e. The minimum absolute atomic E-state index is 0.0731. The maximum atomic E-state index is 12.9. The molecule has 4 aromatic heterocycles. The number of aliphatic hydroxyl groups is 1. The molecule has 1 unspecified atom stereocenters. The van der Waals surface area contributed by atoms with Gasteiger partial charge in [0.05, 0.1) is 114 Å². The van der Waals surface area contributed by atoms with Crippen LogP contribution in [-0.4, -0.2) is 183 Å². The Kier molecular flexibility index (Phi) is 26.0. The second-order valence-electron chi connectivity index (χ2n) is 22.2. The molecule has 0 radical (unpaired) electrons. The van der Waals surface area contributed by atoms with Crippen LogP contribution in [0.25, 0.3) is 5.65 Å². The first-order chi connectivity index (χ1) is 40.3. The number of nitrogens with zero attached hydrogens (tertiary/aromatic N) is 9. The van der Waals surface area contributed by atoms with Crippen molar-refractivity contribution in [1.82, 2.24) is 34.9 Å². The summed E-state index contributed by atoms with van der Waals surface area (Å²) in [5, 5.41) is 38.6. The van der Waals surface area contributed by atoms with E-state index in [0.717, 1.165) is 93.0 Å². The number of phenolic OH excluding ortho intramolecular Hbond substituents is 1. The summed E-state index contributed by atoms with van der Waals surface area (Å²) in [7, 11) is 0. The molecule has 6 heterocycles. The van der Waals surface area contributed by atoms with Gasteiger partial charge in [0, 0.05) is 81.2 Å². The lowest BCUT2D eigenvalue weighted by Gasteiger charge is -2.57. The molecule has 454 valence electrons. The van der Waals surface area contributed by atoms with E-state index < -0.39 is 0 Å². The Hall–Kier alpha value is -6.00. The second-order valence-corrected chi connectivity index (χ2v) is 22.6. The summed E-state index contributed by atoms with van der Waals surface area (Å²) < 4.78 is 47.5. The number of phenols is 1. The van der Waals surface area contributed by atoms with Gasteiger partial charge < -0.3 is 68.5 Å². The third-order valence-electron chi connectivity index (χ3n) is 14.9. The van der Waals surface area contributed by atoms with E-state index in [1.807, 2.05) is 35.1 Å². The van der Waals surface area contributed by atoms with Crippen molar-refractivity contribution in [2.45, 2.75) is 111 Å². The van der Waals surface area contributed by atoms with Crippen LogP contribution in [0.1, 0.15) is 107 Å². The number of hydrogen-bond donors (Lipinski definition) is 4. The number of benzene rings is 1.